The molecule has 2 aromatic rings. The van der Waals surface area contributed by atoms with Gasteiger partial charge >= 0.3 is 6.09 Å². The fraction of sp³-hybridized carbons (Fsp3) is 0.391. The van der Waals surface area contributed by atoms with E-state index < -0.39 is 30.1 Å². The first kappa shape index (κ1) is 23.2. The summed E-state index contributed by atoms with van der Waals surface area (Å²) in [7, 11) is 3.17. The number of amides is 1. The fourth-order valence-corrected chi connectivity index (χ4v) is 3.03. The summed E-state index contributed by atoms with van der Waals surface area (Å²) in [5.74, 6) is 0.809. The number of hydrogen-bond donors (Lipinski definition) is 2. The molecule has 2 aromatic carbocycles. The molecule has 0 aliphatic rings. The number of rotatable bonds is 8. The van der Waals surface area contributed by atoms with Crippen molar-refractivity contribution in [2.24, 2.45) is 0 Å². The van der Waals surface area contributed by atoms with Crippen molar-refractivity contribution in [1.82, 2.24) is 5.32 Å². The summed E-state index contributed by atoms with van der Waals surface area (Å²) >= 11 is 0. The number of aliphatic hydroxyl groups is 1. The van der Waals surface area contributed by atoms with Crippen molar-refractivity contribution in [2.75, 3.05) is 20.8 Å². The Balaban J connectivity index is 2.32. The molecule has 1 atom stereocenters. The molecular formula is C23H29NO6. The maximum absolute atomic E-state index is 12.2. The van der Waals surface area contributed by atoms with Gasteiger partial charge in [-0.15, -0.1) is 0 Å². The number of benzene rings is 2. The van der Waals surface area contributed by atoms with Crippen LogP contribution < -0.4 is 14.8 Å². The van der Waals surface area contributed by atoms with Gasteiger partial charge in [-0.1, -0.05) is 30.3 Å². The molecule has 0 aliphatic heterocycles. The Bertz CT molecular complexity index is 865. The summed E-state index contributed by atoms with van der Waals surface area (Å²) < 4.78 is 16.2. The summed E-state index contributed by atoms with van der Waals surface area (Å²) in [6.07, 6.45) is -0.513. The number of alkyl carbamates (subject to hydrolysis) is 1. The quantitative estimate of drug-likeness (QED) is 0.687. The van der Waals surface area contributed by atoms with E-state index >= 15 is 0 Å². The van der Waals surface area contributed by atoms with Crippen molar-refractivity contribution < 1.29 is 28.9 Å². The number of nitrogens with one attached hydrogen (secondary N) is 1. The van der Waals surface area contributed by atoms with Gasteiger partial charge in [0.05, 0.1) is 25.8 Å². The van der Waals surface area contributed by atoms with Gasteiger partial charge in [0.2, 0.25) is 0 Å². The molecule has 1 unspecified atom stereocenters. The van der Waals surface area contributed by atoms with E-state index in [4.69, 9.17) is 14.2 Å². The van der Waals surface area contributed by atoms with E-state index in [-0.39, 0.29) is 6.42 Å². The van der Waals surface area contributed by atoms with Crippen LogP contribution in [-0.2, 0) is 16.0 Å². The van der Waals surface area contributed by atoms with Crippen molar-refractivity contribution in [1.29, 1.82) is 0 Å². The number of carbonyl (C=O) groups is 2. The average Bonchev–Trinajstić information content (AvgIpc) is 2.70. The number of aliphatic hydroxyl groups excluding tert-OH is 1. The lowest BCUT2D eigenvalue weighted by Gasteiger charge is -2.23. The molecule has 1 amide bonds. The number of Topliss-reactive ketones (excluding diaryl/α,β-unsaturated/α-hetero) is 1. The molecule has 2 N–H and O–H groups in total. The first-order valence-electron chi connectivity index (χ1n) is 9.62. The molecule has 0 aromatic heterocycles. The first-order chi connectivity index (χ1) is 14.2. The summed E-state index contributed by atoms with van der Waals surface area (Å²) in [5.41, 5.74) is 1.73. The van der Waals surface area contributed by atoms with Gasteiger partial charge < -0.3 is 24.6 Å². The van der Waals surface area contributed by atoms with Gasteiger partial charge in [0.15, 0.2) is 5.78 Å². The van der Waals surface area contributed by atoms with Gasteiger partial charge in [0, 0.05) is 0 Å². The highest BCUT2D eigenvalue weighted by atomic mass is 16.6. The minimum Gasteiger partial charge on any atom is -0.496 e. The van der Waals surface area contributed by atoms with Crippen LogP contribution in [0.3, 0.4) is 0 Å². The lowest BCUT2D eigenvalue weighted by Crippen LogP contribution is -2.45. The van der Waals surface area contributed by atoms with Crippen LogP contribution in [0.2, 0.25) is 0 Å². The minimum absolute atomic E-state index is 0.198. The van der Waals surface area contributed by atoms with Crippen LogP contribution in [0.4, 0.5) is 4.79 Å². The molecule has 0 heterocycles. The fourth-order valence-electron chi connectivity index (χ4n) is 3.03. The molecule has 2 rings (SSSR count). The maximum atomic E-state index is 12.2. The van der Waals surface area contributed by atoms with Crippen LogP contribution in [0, 0.1) is 0 Å². The van der Waals surface area contributed by atoms with E-state index in [0.29, 0.717) is 11.5 Å². The molecule has 7 nitrogen and oxygen atoms in total. The highest BCUT2D eigenvalue weighted by Crippen LogP contribution is 2.38. The molecule has 0 saturated heterocycles. The van der Waals surface area contributed by atoms with Crippen molar-refractivity contribution in [2.45, 2.75) is 38.8 Å². The summed E-state index contributed by atoms with van der Waals surface area (Å²) in [6.45, 7) is 4.53. The summed E-state index contributed by atoms with van der Waals surface area (Å²) in [5, 5.41) is 11.9. The Morgan fingerprint density at radius 3 is 2.17 bits per heavy atom. The van der Waals surface area contributed by atoms with Crippen LogP contribution in [0.15, 0.2) is 42.5 Å². The topological polar surface area (TPSA) is 94.1 Å². The number of ketones is 1. The number of carbonyl (C=O) groups excluding carboxylic acids is 2. The van der Waals surface area contributed by atoms with Gasteiger partial charge in [-0.05, 0) is 50.5 Å². The van der Waals surface area contributed by atoms with Gasteiger partial charge in [-0.3, -0.25) is 4.79 Å². The second-order valence-corrected chi connectivity index (χ2v) is 7.77. The van der Waals surface area contributed by atoms with Crippen LogP contribution in [0.25, 0.3) is 11.1 Å². The number of methoxy groups -OCH3 is 2. The zero-order chi connectivity index (χ0) is 22.3. The van der Waals surface area contributed by atoms with E-state index in [9.17, 15) is 14.7 Å². The van der Waals surface area contributed by atoms with Gasteiger partial charge in [-0.25, -0.2) is 4.79 Å². The van der Waals surface area contributed by atoms with E-state index in [1.54, 1.807) is 35.0 Å². The van der Waals surface area contributed by atoms with Crippen LogP contribution in [0.5, 0.6) is 11.5 Å². The second kappa shape index (κ2) is 10.1. The average molecular weight is 415 g/mol. The van der Waals surface area contributed by atoms with Gasteiger partial charge in [-0.2, -0.15) is 0 Å². The largest absolute Gasteiger partial charge is 0.496 e. The molecule has 0 bridgehead atoms. The minimum atomic E-state index is -0.917. The molecule has 0 radical (unpaired) electrons. The smallest absolute Gasteiger partial charge is 0.408 e. The molecular weight excluding hydrogens is 386 g/mol. The van der Waals surface area contributed by atoms with Crippen molar-refractivity contribution in [3.8, 4) is 22.6 Å². The molecule has 162 valence electrons. The highest BCUT2D eigenvalue weighted by molar-refractivity contribution is 5.88. The zero-order valence-corrected chi connectivity index (χ0v) is 18.0. The van der Waals surface area contributed by atoms with E-state index in [1.165, 1.54) is 0 Å². The monoisotopic (exact) mass is 415 g/mol. The standard InChI is InChI=1S/C23H29NO6/c1-23(2,3)30-22(27)24-17(18(26)14-25)13-15-8-6-9-16(12-15)21-19(28-4)10-7-11-20(21)29-5/h6-12,17,25H,13-14H2,1-5H3,(H,24,27). The molecule has 30 heavy (non-hydrogen) atoms. The van der Waals surface area contributed by atoms with Crippen molar-refractivity contribution in [3.63, 3.8) is 0 Å². The lowest BCUT2D eigenvalue weighted by molar-refractivity contribution is -0.123. The first-order valence-corrected chi connectivity index (χ1v) is 9.62. The van der Waals surface area contributed by atoms with Crippen molar-refractivity contribution in [3.05, 3.63) is 48.0 Å². The van der Waals surface area contributed by atoms with Gasteiger partial charge in [0.1, 0.15) is 23.7 Å². The third kappa shape index (κ3) is 6.22. The predicted octanol–water partition coefficient (Wildman–Crippen LogP) is 3.37. The van der Waals surface area contributed by atoms with Crippen LogP contribution in [-0.4, -0.2) is 49.5 Å². The van der Waals surface area contributed by atoms with E-state index in [1.807, 2.05) is 42.5 Å². The van der Waals surface area contributed by atoms with E-state index in [0.717, 1.165) is 16.7 Å². The van der Waals surface area contributed by atoms with Crippen LogP contribution in [0.1, 0.15) is 26.3 Å². The van der Waals surface area contributed by atoms with Crippen LogP contribution >= 0.6 is 0 Å². The third-order valence-corrected chi connectivity index (χ3v) is 4.32. The SMILES string of the molecule is COc1cccc(OC)c1-c1cccc(CC(NC(=O)OC(C)(C)C)C(=O)CO)c1. The molecule has 0 fully saturated rings. The number of hydrogen-bond acceptors (Lipinski definition) is 6. The Kier molecular flexibility index (Phi) is 7.83. The predicted molar refractivity (Wildman–Crippen MR) is 114 cm³/mol. The zero-order valence-electron chi connectivity index (χ0n) is 18.0. The Morgan fingerprint density at radius 2 is 1.63 bits per heavy atom. The second-order valence-electron chi connectivity index (χ2n) is 7.77. The normalized spacial score (nSPS) is 12.1. The van der Waals surface area contributed by atoms with E-state index in [2.05, 4.69) is 5.32 Å². The highest BCUT2D eigenvalue weighted by Gasteiger charge is 2.24. The Morgan fingerprint density at radius 1 is 1.03 bits per heavy atom. The molecule has 0 saturated carbocycles. The lowest BCUT2D eigenvalue weighted by atomic mass is 9.97. The molecule has 0 spiro atoms. The molecule has 7 heteroatoms. The Labute approximate surface area is 177 Å². The maximum Gasteiger partial charge on any atom is 0.408 e. The Hall–Kier alpha value is -3.06. The summed E-state index contributed by atoms with van der Waals surface area (Å²) in [4.78, 5) is 24.3. The third-order valence-electron chi connectivity index (χ3n) is 4.32. The summed E-state index contributed by atoms with van der Waals surface area (Å²) in [6, 6.07) is 12.1. The van der Waals surface area contributed by atoms with Crippen molar-refractivity contribution >= 4 is 11.9 Å². The molecule has 0 aliphatic carbocycles. The number of ether oxygens (including phenoxy) is 3. The van der Waals surface area contributed by atoms with Gasteiger partial charge in [0.25, 0.3) is 0 Å².